The lowest BCUT2D eigenvalue weighted by Crippen LogP contribution is -2.54. The van der Waals surface area contributed by atoms with Crippen LogP contribution in [-0.4, -0.2) is 18.0 Å². The number of rotatable bonds is 1. The molecule has 0 amide bonds. The van der Waals surface area contributed by atoms with Gasteiger partial charge in [-0.2, -0.15) is 0 Å². The topological polar surface area (TPSA) is 9.23 Å². The first kappa shape index (κ1) is 8.72. The van der Waals surface area contributed by atoms with Gasteiger partial charge in [-0.1, -0.05) is 15.9 Å². The number of alkyl halides is 1. The third kappa shape index (κ3) is 1.14. The molecule has 0 spiro atoms. The zero-order valence-electron chi connectivity index (χ0n) is 8.08. The van der Waals surface area contributed by atoms with Crippen LogP contribution in [-0.2, 0) is 4.74 Å². The van der Waals surface area contributed by atoms with Crippen molar-refractivity contribution in [1.29, 1.82) is 0 Å². The average Bonchev–Trinajstić information content (AvgIpc) is 2.13. The van der Waals surface area contributed by atoms with Gasteiger partial charge in [-0.15, -0.1) is 0 Å². The van der Waals surface area contributed by atoms with Crippen LogP contribution in [0.15, 0.2) is 0 Å². The second kappa shape index (κ2) is 2.96. The summed E-state index contributed by atoms with van der Waals surface area (Å²) in [5.41, 5.74) is 0. The lowest BCUT2D eigenvalue weighted by molar-refractivity contribution is -0.105. The minimum Gasteiger partial charge on any atom is -0.381 e. The summed E-state index contributed by atoms with van der Waals surface area (Å²) in [5, 5.41) is 0. The van der Waals surface area contributed by atoms with Crippen molar-refractivity contribution in [2.24, 2.45) is 23.7 Å². The Labute approximate surface area is 88.4 Å². The highest BCUT2D eigenvalue weighted by Crippen LogP contribution is 2.56. The normalized spacial score (nSPS) is 58.6. The summed E-state index contributed by atoms with van der Waals surface area (Å²) >= 11 is 3.88. The van der Waals surface area contributed by atoms with E-state index in [1.807, 2.05) is 7.11 Å². The van der Waals surface area contributed by atoms with E-state index in [2.05, 4.69) is 15.9 Å². The van der Waals surface area contributed by atoms with Crippen molar-refractivity contribution in [3.8, 4) is 0 Å². The van der Waals surface area contributed by atoms with Crippen molar-refractivity contribution in [2.45, 2.75) is 36.6 Å². The SMILES string of the molecule is COC1C2CC3CC(C2)C(Br)C1C3. The van der Waals surface area contributed by atoms with Gasteiger partial charge in [0.2, 0.25) is 0 Å². The smallest absolute Gasteiger partial charge is 0.0638 e. The van der Waals surface area contributed by atoms with Crippen molar-refractivity contribution in [1.82, 2.24) is 0 Å². The predicted octanol–water partition coefficient (Wildman–Crippen LogP) is 2.83. The second-order valence-corrected chi connectivity index (χ2v) is 6.19. The number of hydrogen-bond acceptors (Lipinski definition) is 1. The number of methoxy groups -OCH3 is 1. The molecule has 4 aliphatic carbocycles. The Balaban J connectivity index is 1.89. The average molecular weight is 245 g/mol. The Hall–Kier alpha value is 0.440. The molecule has 6 unspecified atom stereocenters. The van der Waals surface area contributed by atoms with Crippen LogP contribution in [0, 0.1) is 23.7 Å². The number of halogens is 1. The Morgan fingerprint density at radius 2 is 1.85 bits per heavy atom. The Kier molecular flexibility index (Phi) is 1.99. The molecule has 0 aliphatic heterocycles. The lowest BCUT2D eigenvalue weighted by atomic mass is 9.55. The molecule has 4 bridgehead atoms. The van der Waals surface area contributed by atoms with E-state index in [4.69, 9.17) is 4.74 Å². The van der Waals surface area contributed by atoms with Crippen LogP contribution >= 0.6 is 15.9 Å². The summed E-state index contributed by atoms with van der Waals surface area (Å²) in [5.74, 6) is 3.71. The van der Waals surface area contributed by atoms with E-state index in [1.165, 1.54) is 25.7 Å². The fourth-order valence-corrected chi connectivity index (χ4v) is 5.10. The van der Waals surface area contributed by atoms with Crippen molar-refractivity contribution in [2.75, 3.05) is 7.11 Å². The molecule has 74 valence electrons. The highest BCUT2D eigenvalue weighted by molar-refractivity contribution is 9.09. The third-order valence-electron chi connectivity index (χ3n) is 4.50. The van der Waals surface area contributed by atoms with Gasteiger partial charge >= 0.3 is 0 Å². The van der Waals surface area contributed by atoms with Gasteiger partial charge in [0.15, 0.2) is 0 Å². The molecule has 4 fully saturated rings. The molecule has 13 heavy (non-hydrogen) atoms. The van der Waals surface area contributed by atoms with Gasteiger partial charge in [0.05, 0.1) is 6.10 Å². The molecule has 4 saturated carbocycles. The molecular weight excluding hydrogens is 228 g/mol. The summed E-state index contributed by atoms with van der Waals surface area (Å²) in [6.45, 7) is 0. The highest BCUT2D eigenvalue weighted by Gasteiger charge is 2.52. The van der Waals surface area contributed by atoms with E-state index in [0.29, 0.717) is 6.10 Å². The largest absolute Gasteiger partial charge is 0.381 e. The van der Waals surface area contributed by atoms with Crippen molar-refractivity contribution in [3.63, 3.8) is 0 Å². The molecule has 0 radical (unpaired) electrons. The van der Waals surface area contributed by atoms with Gasteiger partial charge in [0.1, 0.15) is 0 Å². The van der Waals surface area contributed by atoms with Crippen molar-refractivity contribution >= 4 is 15.9 Å². The van der Waals surface area contributed by atoms with Gasteiger partial charge in [0, 0.05) is 11.9 Å². The van der Waals surface area contributed by atoms with Crippen LogP contribution < -0.4 is 0 Å². The fraction of sp³-hybridized carbons (Fsp3) is 1.00. The van der Waals surface area contributed by atoms with E-state index in [-0.39, 0.29) is 0 Å². The van der Waals surface area contributed by atoms with E-state index in [9.17, 15) is 0 Å². The summed E-state index contributed by atoms with van der Waals surface area (Å²) in [6, 6.07) is 0. The molecule has 0 aromatic rings. The Morgan fingerprint density at radius 1 is 1.08 bits per heavy atom. The van der Waals surface area contributed by atoms with Crippen LogP contribution in [0.4, 0.5) is 0 Å². The maximum absolute atomic E-state index is 5.67. The van der Waals surface area contributed by atoms with E-state index >= 15 is 0 Å². The first-order valence-corrected chi connectivity index (χ1v) is 6.38. The summed E-state index contributed by atoms with van der Waals surface area (Å²) in [7, 11) is 1.90. The van der Waals surface area contributed by atoms with Gasteiger partial charge in [0.25, 0.3) is 0 Å². The summed E-state index contributed by atoms with van der Waals surface area (Å²) < 4.78 is 5.67. The molecule has 0 aromatic carbocycles. The van der Waals surface area contributed by atoms with Crippen LogP contribution in [0.5, 0.6) is 0 Å². The van der Waals surface area contributed by atoms with Crippen LogP contribution in [0.1, 0.15) is 25.7 Å². The summed E-state index contributed by atoms with van der Waals surface area (Å²) in [4.78, 5) is 0.755. The monoisotopic (exact) mass is 244 g/mol. The minimum atomic E-state index is 0.567. The summed E-state index contributed by atoms with van der Waals surface area (Å²) in [6.07, 6.45) is 6.34. The molecule has 0 N–H and O–H groups in total. The maximum atomic E-state index is 5.67. The molecular formula is C11H17BrO. The molecule has 4 rings (SSSR count). The Bertz CT molecular complexity index is 218. The van der Waals surface area contributed by atoms with Crippen molar-refractivity contribution in [3.05, 3.63) is 0 Å². The standard InChI is InChI=1S/C11H17BrO/c1-13-11-8-3-6-2-7(5-8)10(12)9(11)4-6/h6-11H,2-5H2,1H3. The predicted molar refractivity (Wildman–Crippen MR) is 55.9 cm³/mol. The van der Waals surface area contributed by atoms with Gasteiger partial charge < -0.3 is 4.74 Å². The molecule has 1 nitrogen and oxygen atoms in total. The fourth-order valence-electron chi connectivity index (χ4n) is 4.15. The van der Waals surface area contributed by atoms with E-state index in [1.54, 1.807) is 0 Å². The first-order chi connectivity index (χ1) is 6.29. The van der Waals surface area contributed by atoms with Gasteiger partial charge in [-0.25, -0.2) is 0 Å². The van der Waals surface area contributed by atoms with Crippen LogP contribution in [0.25, 0.3) is 0 Å². The Morgan fingerprint density at radius 3 is 2.62 bits per heavy atom. The molecule has 0 saturated heterocycles. The van der Waals surface area contributed by atoms with Crippen molar-refractivity contribution < 1.29 is 4.74 Å². The van der Waals surface area contributed by atoms with E-state index in [0.717, 1.165) is 28.5 Å². The highest BCUT2D eigenvalue weighted by atomic mass is 79.9. The van der Waals surface area contributed by atoms with E-state index < -0.39 is 0 Å². The molecule has 2 heteroatoms. The number of hydrogen-bond donors (Lipinski definition) is 0. The molecule has 0 heterocycles. The minimum absolute atomic E-state index is 0.567. The molecule has 0 aromatic heterocycles. The number of ether oxygens (including phenoxy) is 1. The first-order valence-electron chi connectivity index (χ1n) is 5.46. The third-order valence-corrected chi connectivity index (χ3v) is 5.93. The second-order valence-electron chi connectivity index (χ2n) is 5.14. The van der Waals surface area contributed by atoms with Gasteiger partial charge in [-0.3, -0.25) is 0 Å². The lowest BCUT2D eigenvalue weighted by Gasteiger charge is -2.56. The maximum Gasteiger partial charge on any atom is 0.0638 e. The zero-order chi connectivity index (χ0) is 9.00. The van der Waals surface area contributed by atoms with Crippen LogP contribution in [0.3, 0.4) is 0 Å². The molecule has 4 aliphatic rings. The molecule has 6 atom stereocenters. The zero-order valence-corrected chi connectivity index (χ0v) is 9.66. The van der Waals surface area contributed by atoms with Crippen LogP contribution in [0.2, 0.25) is 0 Å². The quantitative estimate of drug-likeness (QED) is 0.645. The van der Waals surface area contributed by atoms with Gasteiger partial charge in [-0.05, 0) is 49.4 Å².